The first-order valence-corrected chi connectivity index (χ1v) is 11.6. The molecule has 1 aliphatic rings. The molecule has 1 aliphatic heterocycles. The number of nitrogens with one attached hydrogen (secondary N) is 2. The number of hydrogen-bond acceptors (Lipinski definition) is 6. The number of hydrogen-bond donors (Lipinski definition) is 2. The zero-order valence-corrected chi connectivity index (χ0v) is 18.0. The monoisotopic (exact) mass is 433 g/mol. The Morgan fingerprint density at radius 1 is 1.03 bits per heavy atom. The van der Waals surface area contributed by atoms with Crippen molar-refractivity contribution in [2.24, 2.45) is 0 Å². The normalized spacial score (nSPS) is 13.5. The molecule has 0 aromatic heterocycles. The number of rotatable bonds is 10. The van der Waals surface area contributed by atoms with Gasteiger partial charge in [0.05, 0.1) is 6.26 Å². The molecule has 0 radical (unpaired) electrons. The summed E-state index contributed by atoms with van der Waals surface area (Å²) in [4.78, 5) is 13.6. The highest BCUT2D eigenvalue weighted by Crippen LogP contribution is 2.30. The van der Waals surface area contributed by atoms with Gasteiger partial charge in [-0.1, -0.05) is 6.07 Å². The van der Waals surface area contributed by atoms with E-state index in [4.69, 9.17) is 9.47 Å². The lowest BCUT2D eigenvalue weighted by molar-refractivity contribution is -0.116. The molecule has 162 valence electrons. The number of carbonyl (C=O) groups is 1. The van der Waals surface area contributed by atoms with Crippen LogP contribution in [0.15, 0.2) is 42.5 Å². The van der Waals surface area contributed by atoms with E-state index in [2.05, 4.69) is 14.9 Å². The lowest BCUT2D eigenvalue weighted by atomic mass is 10.0. The van der Waals surface area contributed by atoms with Crippen molar-refractivity contribution in [3.05, 3.63) is 48.0 Å². The SMILES string of the molecule is CN(CCOc1ccc(NS(C)(=O)=O)cc1)CCOc1cccc2c1CCC(=O)N2. The Morgan fingerprint density at radius 3 is 2.43 bits per heavy atom. The molecule has 9 heteroatoms. The van der Waals surface area contributed by atoms with Crippen LogP contribution in [0.2, 0.25) is 0 Å². The fraction of sp³-hybridized carbons (Fsp3) is 0.381. The summed E-state index contributed by atoms with van der Waals surface area (Å²) in [7, 11) is -1.29. The van der Waals surface area contributed by atoms with E-state index in [-0.39, 0.29) is 5.91 Å². The van der Waals surface area contributed by atoms with E-state index in [0.717, 1.165) is 36.3 Å². The molecule has 0 saturated heterocycles. The number of anilines is 2. The number of sulfonamides is 1. The van der Waals surface area contributed by atoms with E-state index in [1.165, 1.54) is 0 Å². The van der Waals surface area contributed by atoms with Gasteiger partial charge in [-0.25, -0.2) is 8.42 Å². The quantitative estimate of drug-likeness (QED) is 0.597. The maximum Gasteiger partial charge on any atom is 0.229 e. The number of carbonyl (C=O) groups excluding carboxylic acids is 1. The van der Waals surface area contributed by atoms with Gasteiger partial charge in [0, 0.05) is 36.4 Å². The second-order valence-corrected chi connectivity index (χ2v) is 8.98. The molecule has 0 spiro atoms. The molecule has 2 aromatic rings. The van der Waals surface area contributed by atoms with Crippen molar-refractivity contribution in [2.75, 3.05) is 49.6 Å². The second-order valence-electron chi connectivity index (χ2n) is 7.23. The molecule has 1 amide bonds. The van der Waals surface area contributed by atoms with Gasteiger partial charge in [0.15, 0.2) is 0 Å². The van der Waals surface area contributed by atoms with Crippen LogP contribution in [0, 0.1) is 0 Å². The third-order valence-electron chi connectivity index (χ3n) is 4.64. The van der Waals surface area contributed by atoms with Crippen LogP contribution in [-0.4, -0.2) is 58.8 Å². The van der Waals surface area contributed by atoms with Gasteiger partial charge < -0.3 is 14.8 Å². The zero-order chi connectivity index (χ0) is 21.6. The molecule has 0 unspecified atom stereocenters. The average molecular weight is 434 g/mol. The van der Waals surface area contributed by atoms with Crippen molar-refractivity contribution in [2.45, 2.75) is 12.8 Å². The number of amides is 1. The molecule has 2 N–H and O–H groups in total. The minimum absolute atomic E-state index is 0.0423. The zero-order valence-electron chi connectivity index (χ0n) is 17.2. The van der Waals surface area contributed by atoms with Crippen molar-refractivity contribution in [1.29, 1.82) is 0 Å². The van der Waals surface area contributed by atoms with Gasteiger partial charge in [-0.05, 0) is 49.9 Å². The first-order valence-electron chi connectivity index (χ1n) is 9.74. The first kappa shape index (κ1) is 21.9. The topological polar surface area (TPSA) is 97.0 Å². The molecular formula is C21H27N3O5S. The van der Waals surface area contributed by atoms with Crippen molar-refractivity contribution < 1.29 is 22.7 Å². The fourth-order valence-corrected chi connectivity index (χ4v) is 3.67. The highest BCUT2D eigenvalue weighted by Gasteiger charge is 2.18. The first-order chi connectivity index (χ1) is 14.3. The van der Waals surface area contributed by atoms with Gasteiger partial charge >= 0.3 is 0 Å². The fourth-order valence-electron chi connectivity index (χ4n) is 3.10. The summed E-state index contributed by atoms with van der Waals surface area (Å²) in [5, 5.41) is 2.88. The van der Waals surface area contributed by atoms with Crippen LogP contribution >= 0.6 is 0 Å². The predicted octanol–water partition coefficient (Wildman–Crippen LogP) is 2.33. The van der Waals surface area contributed by atoms with E-state index >= 15 is 0 Å². The summed E-state index contributed by atoms with van der Waals surface area (Å²) in [6.07, 6.45) is 2.29. The minimum Gasteiger partial charge on any atom is -0.492 e. The summed E-state index contributed by atoms with van der Waals surface area (Å²) in [6.45, 7) is 2.49. The van der Waals surface area contributed by atoms with Crippen LogP contribution in [0.25, 0.3) is 0 Å². The van der Waals surface area contributed by atoms with Gasteiger partial charge in [-0.3, -0.25) is 14.4 Å². The number of likely N-dealkylation sites (N-methyl/N-ethyl adjacent to an activating group) is 1. The second kappa shape index (κ2) is 9.82. The third kappa shape index (κ3) is 6.64. The van der Waals surface area contributed by atoms with Crippen LogP contribution in [0.5, 0.6) is 11.5 Å². The molecule has 0 atom stereocenters. The van der Waals surface area contributed by atoms with Gasteiger partial charge in [0.1, 0.15) is 24.7 Å². The van der Waals surface area contributed by atoms with E-state index in [0.29, 0.717) is 37.5 Å². The molecule has 0 saturated carbocycles. The lowest BCUT2D eigenvalue weighted by Crippen LogP contribution is -2.29. The Labute approximate surface area is 177 Å². The largest absolute Gasteiger partial charge is 0.492 e. The summed E-state index contributed by atoms with van der Waals surface area (Å²) < 4.78 is 36.5. The highest BCUT2D eigenvalue weighted by atomic mass is 32.2. The van der Waals surface area contributed by atoms with Crippen LogP contribution in [0.4, 0.5) is 11.4 Å². The van der Waals surface area contributed by atoms with Crippen LogP contribution in [0.3, 0.4) is 0 Å². The van der Waals surface area contributed by atoms with Crippen molar-refractivity contribution in [1.82, 2.24) is 4.90 Å². The van der Waals surface area contributed by atoms with Crippen LogP contribution < -0.4 is 19.5 Å². The number of benzene rings is 2. The Hall–Kier alpha value is -2.78. The molecule has 2 aromatic carbocycles. The van der Waals surface area contributed by atoms with Gasteiger partial charge in [0.25, 0.3) is 0 Å². The standard InChI is InChI=1S/C21H27N3O5S/c1-24(12-14-28-17-8-6-16(7-9-17)23-30(2,26)27)13-15-29-20-5-3-4-19-18(20)10-11-21(25)22-19/h3-9,23H,10-15H2,1-2H3,(H,22,25). The van der Waals surface area contributed by atoms with Crippen LogP contribution in [-0.2, 0) is 21.2 Å². The summed E-state index contributed by atoms with van der Waals surface area (Å²) in [5.41, 5.74) is 2.39. The van der Waals surface area contributed by atoms with Gasteiger partial charge in [0.2, 0.25) is 15.9 Å². The summed E-state index contributed by atoms with van der Waals surface area (Å²) >= 11 is 0. The van der Waals surface area contributed by atoms with E-state index < -0.39 is 10.0 Å². The number of nitrogens with zero attached hydrogens (tertiary/aromatic N) is 1. The van der Waals surface area contributed by atoms with Crippen LogP contribution in [0.1, 0.15) is 12.0 Å². The van der Waals surface area contributed by atoms with Gasteiger partial charge in [-0.15, -0.1) is 0 Å². The number of ether oxygens (including phenoxy) is 2. The highest BCUT2D eigenvalue weighted by molar-refractivity contribution is 7.92. The molecule has 0 aliphatic carbocycles. The third-order valence-corrected chi connectivity index (χ3v) is 5.25. The molecule has 3 rings (SSSR count). The molecule has 1 heterocycles. The molecule has 0 fully saturated rings. The van der Waals surface area contributed by atoms with Crippen molar-refractivity contribution >= 4 is 27.3 Å². The Bertz CT molecular complexity index is 977. The van der Waals surface area contributed by atoms with E-state index in [1.54, 1.807) is 24.3 Å². The minimum atomic E-state index is -3.28. The van der Waals surface area contributed by atoms with Crippen molar-refractivity contribution in [3.63, 3.8) is 0 Å². The Kier molecular flexibility index (Phi) is 7.17. The number of fused-ring (bicyclic) bond motifs is 1. The Morgan fingerprint density at radius 2 is 1.73 bits per heavy atom. The lowest BCUT2D eigenvalue weighted by Gasteiger charge is -2.21. The van der Waals surface area contributed by atoms with E-state index in [1.807, 2.05) is 25.2 Å². The molecule has 30 heavy (non-hydrogen) atoms. The average Bonchev–Trinajstić information content (AvgIpc) is 2.68. The predicted molar refractivity (Wildman–Crippen MR) is 117 cm³/mol. The molecular weight excluding hydrogens is 406 g/mol. The maximum absolute atomic E-state index is 11.5. The van der Waals surface area contributed by atoms with Crippen molar-refractivity contribution in [3.8, 4) is 11.5 Å². The smallest absolute Gasteiger partial charge is 0.229 e. The Balaban J connectivity index is 1.38. The van der Waals surface area contributed by atoms with E-state index in [9.17, 15) is 13.2 Å². The molecule has 8 nitrogen and oxygen atoms in total. The maximum atomic E-state index is 11.5. The summed E-state index contributed by atoms with van der Waals surface area (Å²) in [5.74, 6) is 1.54. The van der Waals surface area contributed by atoms with Gasteiger partial charge in [-0.2, -0.15) is 0 Å². The molecule has 0 bridgehead atoms. The summed E-state index contributed by atoms with van der Waals surface area (Å²) in [6, 6.07) is 12.5.